The Morgan fingerprint density at radius 3 is 1.95 bits per heavy atom. The van der Waals surface area contributed by atoms with E-state index in [1.165, 1.54) is 31.2 Å². The number of allylic oxidation sites excluding steroid dienone is 2. The van der Waals surface area contributed by atoms with Gasteiger partial charge in [0, 0.05) is 90.5 Å². The van der Waals surface area contributed by atoms with E-state index in [1.54, 1.807) is 62.1 Å². The number of rotatable bonds is 41. The third-order valence-electron chi connectivity index (χ3n) is 19.0. The van der Waals surface area contributed by atoms with Gasteiger partial charge in [0.1, 0.15) is 12.4 Å². The van der Waals surface area contributed by atoms with Crippen LogP contribution in [0, 0.1) is 53.3 Å². The lowest BCUT2D eigenvalue weighted by atomic mass is 9.83. The van der Waals surface area contributed by atoms with E-state index < -0.39 is 78.1 Å². The lowest BCUT2D eigenvalue weighted by Crippen LogP contribution is -2.54. The maximum atomic E-state index is 14.9. The van der Waals surface area contributed by atoms with E-state index in [4.69, 9.17) is 19.9 Å². The van der Waals surface area contributed by atoms with Crippen LogP contribution in [-0.4, -0.2) is 162 Å². The molecule has 22 nitrogen and oxygen atoms in total. The van der Waals surface area contributed by atoms with Crippen LogP contribution in [0.25, 0.3) is 0 Å². The van der Waals surface area contributed by atoms with E-state index in [1.807, 2.05) is 85.7 Å². The van der Waals surface area contributed by atoms with Crippen molar-refractivity contribution in [2.75, 3.05) is 46.7 Å². The Labute approximate surface area is 557 Å². The first kappa shape index (κ1) is 79.3. The Kier molecular flexibility index (Phi) is 32.9. The monoisotopic (exact) mass is 1310 g/mol. The number of ether oxygens (including phenoxy) is 3. The highest BCUT2D eigenvalue weighted by molar-refractivity contribution is 6.18. The van der Waals surface area contributed by atoms with Gasteiger partial charge in [-0.3, -0.25) is 43.2 Å². The summed E-state index contributed by atoms with van der Waals surface area (Å²) in [6.45, 7) is 19.1. The molecule has 4 rings (SSSR count). The minimum absolute atomic E-state index is 0.0534. The van der Waals surface area contributed by atoms with Crippen molar-refractivity contribution in [3.8, 4) is 0 Å². The Hall–Kier alpha value is -7.17. The van der Waals surface area contributed by atoms with Gasteiger partial charge in [-0.25, -0.2) is 9.59 Å². The second-order valence-corrected chi connectivity index (χ2v) is 27.0. The lowest BCUT2D eigenvalue weighted by molar-refractivity contribution is -0.149. The molecule has 0 saturated carbocycles. The van der Waals surface area contributed by atoms with Gasteiger partial charge in [-0.05, 0) is 104 Å². The van der Waals surface area contributed by atoms with E-state index in [2.05, 4.69) is 16.0 Å². The number of nitrogens with zero attached hydrogens (tertiary/aromatic N) is 3. The van der Waals surface area contributed by atoms with Crippen LogP contribution < -0.4 is 21.7 Å². The van der Waals surface area contributed by atoms with Gasteiger partial charge >= 0.3 is 12.1 Å². The van der Waals surface area contributed by atoms with Gasteiger partial charge in [-0.15, -0.1) is 0 Å². The normalized spacial score (nSPS) is 17.7. The van der Waals surface area contributed by atoms with Crippen molar-refractivity contribution in [1.82, 2.24) is 25.3 Å². The van der Waals surface area contributed by atoms with Crippen molar-refractivity contribution >= 4 is 70.4 Å². The topological polar surface area (TPSA) is 308 Å². The standard InChI is InChI=1S/C72H109N7O15/c1-15-46(8)66(61(92-13)41-63(86)79-37-23-28-55(79)68(93-14)48(10)58(82)38-47(9)67(87)50-24-18-16-19-25-50)77(11)70(89)54(43(2)3)40-60(84)65(45(6)7)78(12)72(91)94-42-49-30-32-52(33-31-49)75-69(88)51(26-22-36-74-71(73)90)39-59(83)64(44(4)5)76-62(85)29-21-17-20-27-53-56(80)34-35-57(53)81/h16,18-19,24-25,30-35,43-48,51,53-55,61,64-68,87H,15,17,20-23,26-29,36-42H2,1-14H3,(H,75,88)(H,76,85)(H3,73,74,90)/t46-,47-,48-,51+,54-,55-,61+,64-,65-,66-,67+,68+/m0/s1. The quantitative estimate of drug-likeness (QED) is 0.0306. The smallest absolute Gasteiger partial charge is 0.410 e. The molecule has 522 valence electrons. The Bertz CT molecular complexity index is 2860. The van der Waals surface area contributed by atoms with E-state index in [0.29, 0.717) is 69.2 Å². The van der Waals surface area contributed by atoms with Crippen LogP contribution in [0.3, 0.4) is 0 Å². The zero-order valence-electron chi connectivity index (χ0n) is 58.2. The molecule has 2 aromatic rings. The fraction of sp³-hybridized carbons (Fsp3) is 0.653. The first-order valence-corrected chi connectivity index (χ1v) is 33.8. The molecule has 6 N–H and O–H groups in total. The number of likely N-dealkylation sites (N-methyl/N-ethyl adjacent to an activating group) is 2. The van der Waals surface area contributed by atoms with Gasteiger partial charge in [0.2, 0.25) is 23.6 Å². The third-order valence-corrected chi connectivity index (χ3v) is 19.0. The summed E-state index contributed by atoms with van der Waals surface area (Å²) in [6, 6.07) is 12.2. The molecular formula is C72H109N7O15. The lowest BCUT2D eigenvalue weighted by Gasteiger charge is -2.41. The minimum atomic E-state index is -0.965. The molecule has 0 aromatic heterocycles. The van der Waals surface area contributed by atoms with Crippen LogP contribution in [0.15, 0.2) is 66.7 Å². The summed E-state index contributed by atoms with van der Waals surface area (Å²) in [6.07, 6.45) is 4.12. The summed E-state index contributed by atoms with van der Waals surface area (Å²) < 4.78 is 17.9. The first-order chi connectivity index (χ1) is 44.5. The summed E-state index contributed by atoms with van der Waals surface area (Å²) in [7, 11) is 6.24. The number of benzene rings is 2. The fourth-order valence-corrected chi connectivity index (χ4v) is 13.2. The van der Waals surface area contributed by atoms with Crippen LogP contribution >= 0.6 is 0 Å². The summed E-state index contributed by atoms with van der Waals surface area (Å²) in [5, 5.41) is 19.2. The van der Waals surface area contributed by atoms with Crippen molar-refractivity contribution in [2.24, 2.45) is 59.0 Å². The molecule has 1 fully saturated rings. The molecule has 12 atom stereocenters. The SMILES string of the molecule is CC[C@H](C)[C@@H]([C@@H](CC(=O)N1CCC[C@H]1[C@H](OC)[C@@H](C)C(=O)C[C@H](C)[C@@H](O)c1ccccc1)OC)N(C)C(=O)[C@@H](CC(=O)[C@H](C(C)C)N(C)C(=O)OCc1ccc(NC(=O)[C@H](CCCNC(N)=O)CC(=O)[C@@H](NC(=O)CCCCCC2C(=O)C=CC2=O)C(C)C)cc1)C(C)C. The van der Waals surface area contributed by atoms with Gasteiger partial charge in [0.05, 0.1) is 54.8 Å². The molecule has 1 saturated heterocycles. The number of primary amides is 1. The second kappa shape index (κ2) is 39.0. The van der Waals surface area contributed by atoms with Crippen molar-refractivity contribution in [2.45, 2.75) is 208 Å². The van der Waals surface area contributed by atoms with Crippen molar-refractivity contribution < 1.29 is 72.1 Å². The van der Waals surface area contributed by atoms with E-state index >= 15 is 0 Å². The predicted molar refractivity (Wildman–Crippen MR) is 358 cm³/mol. The summed E-state index contributed by atoms with van der Waals surface area (Å²) in [5.74, 6) is -6.77. The first-order valence-electron chi connectivity index (χ1n) is 33.8. The molecular weight excluding hydrogens is 1200 g/mol. The van der Waals surface area contributed by atoms with Crippen LogP contribution in [0.5, 0.6) is 0 Å². The molecule has 0 spiro atoms. The number of ketones is 5. The number of hydrogen-bond donors (Lipinski definition) is 5. The molecule has 0 bridgehead atoms. The van der Waals surface area contributed by atoms with Gasteiger partial charge in [0.15, 0.2) is 23.1 Å². The number of carbonyl (C=O) groups excluding carboxylic acids is 11. The van der Waals surface area contributed by atoms with Gasteiger partial charge < -0.3 is 55.7 Å². The average Bonchev–Trinajstić information content (AvgIpc) is 1.33. The minimum Gasteiger partial charge on any atom is -0.445 e. The van der Waals surface area contributed by atoms with Crippen LogP contribution in [0.4, 0.5) is 15.3 Å². The van der Waals surface area contributed by atoms with E-state index in [-0.39, 0.29) is 134 Å². The maximum absolute atomic E-state index is 14.9. The number of nitrogens with two attached hydrogens (primary N) is 1. The van der Waals surface area contributed by atoms with E-state index in [0.717, 1.165) is 5.56 Å². The van der Waals surface area contributed by atoms with E-state index in [9.17, 15) is 57.8 Å². The molecule has 1 heterocycles. The van der Waals surface area contributed by atoms with Crippen LogP contribution in [0.2, 0.25) is 0 Å². The number of urea groups is 1. The third kappa shape index (κ3) is 23.3. The summed E-state index contributed by atoms with van der Waals surface area (Å²) >= 11 is 0. The highest BCUT2D eigenvalue weighted by Crippen LogP contribution is 2.34. The molecule has 0 unspecified atom stereocenters. The Morgan fingerprint density at radius 2 is 1.37 bits per heavy atom. The number of carbonyl (C=O) groups is 11. The number of Topliss-reactive ketones (excluding diaryl/α,β-unsaturated/α-hetero) is 3. The number of nitrogens with one attached hydrogen (secondary N) is 3. The van der Waals surface area contributed by atoms with Crippen molar-refractivity contribution in [3.05, 3.63) is 77.9 Å². The number of hydrogen-bond acceptors (Lipinski definition) is 15. The average molecular weight is 1310 g/mol. The molecule has 2 aromatic carbocycles. The molecule has 22 heteroatoms. The van der Waals surface area contributed by atoms with Gasteiger partial charge in [-0.1, -0.05) is 131 Å². The number of likely N-dealkylation sites (tertiary alicyclic amines) is 1. The highest BCUT2D eigenvalue weighted by atomic mass is 16.6. The Morgan fingerprint density at radius 1 is 0.723 bits per heavy atom. The number of methoxy groups -OCH3 is 2. The van der Waals surface area contributed by atoms with Gasteiger partial charge in [-0.2, -0.15) is 0 Å². The second-order valence-electron chi connectivity index (χ2n) is 27.0. The largest absolute Gasteiger partial charge is 0.445 e. The fourth-order valence-electron chi connectivity index (χ4n) is 13.2. The number of aliphatic hydroxyl groups is 1. The summed E-state index contributed by atoms with van der Waals surface area (Å²) in [5.41, 5.74) is 6.95. The molecule has 7 amide bonds. The number of amides is 7. The molecule has 94 heavy (non-hydrogen) atoms. The van der Waals surface area contributed by atoms with Crippen molar-refractivity contribution in [1.29, 1.82) is 0 Å². The maximum Gasteiger partial charge on any atom is 0.410 e. The molecule has 1 aliphatic carbocycles. The highest BCUT2D eigenvalue weighted by Gasteiger charge is 2.44. The zero-order valence-corrected chi connectivity index (χ0v) is 58.2. The molecule has 2 aliphatic rings. The van der Waals surface area contributed by atoms with Crippen molar-refractivity contribution in [3.63, 3.8) is 0 Å². The predicted octanol–water partition coefficient (Wildman–Crippen LogP) is 9.14. The molecule has 0 radical (unpaired) electrons. The summed E-state index contributed by atoms with van der Waals surface area (Å²) in [4.78, 5) is 152. The van der Waals surface area contributed by atoms with Gasteiger partial charge in [0.25, 0.3) is 0 Å². The number of unbranched alkanes of at least 4 members (excludes halogenated alkanes) is 2. The van der Waals surface area contributed by atoms with Crippen LogP contribution in [-0.2, 0) is 64.0 Å². The Balaban J connectivity index is 1.37. The van der Waals surface area contributed by atoms with Crippen LogP contribution in [0.1, 0.15) is 176 Å². The zero-order chi connectivity index (χ0) is 70.1. The number of anilines is 1. The number of aliphatic hydroxyl groups excluding tert-OH is 1. The molecule has 1 aliphatic heterocycles.